The Morgan fingerprint density at radius 3 is 2.00 bits per heavy atom. The number of amides is 5. The number of nitrogens with two attached hydrogens (primary N) is 2. The Balaban J connectivity index is 1.22. The van der Waals surface area contributed by atoms with Crippen LogP contribution in [0.1, 0.15) is 92.2 Å². The molecular weight excluding hydrogens is 813 g/mol. The van der Waals surface area contributed by atoms with Crippen molar-refractivity contribution in [1.82, 2.24) is 48.9 Å². The first-order valence-electron chi connectivity index (χ1n) is 20.7. The molecule has 0 fully saturated rings. The minimum absolute atomic E-state index is 0.122. The highest BCUT2D eigenvalue weighted by Crippen LogP contribution is 2.39. The van der Waals surface area contributed by atoms with Crippen molar-refractivity contribution in [3.05, 3.63) is 70.3 Å². The van der Waals surface area contributed by atoms with Crippen LogP contribution in [-0.4, -0.2) is 113 Å². The van der Waals surface area contributed by atoms with Gasteiger partial charge in [0.2, 0.25) is 29.6 Å². The van der Waals surface area contributed by atoms with Gasteiger partial charge in [-0.1, -0.05) is 0 Å². The van der Waals surface area contributed by atoms with Crippen molar-refractivity contribution in [3.63, 3.8) is 0 Å². The number of nitrogens with one attached hydrogen (secondary N) is 3. The summed E-state index contributed by atoms with van der Waals surface area (Å²) < 4.78 is 19.5. The summed E-state index contributed by atoms with van der Waals surface area (Å²) in [5.41, 5.74) is 15.7. The fraction of sp³-hybridized carbons (Fsp3) is 0.405. The van der Waals surface area contributed by atoms with E-state index in [1.54, 1.807) is 57.6 Å². The maximum atomic E-state index is 13.8. The lowest BCUT2D eigenvalue weighted by molar-refractivity contribution is -0.121. The molecule has 21 nitrogen and oxygen atoms in total. The van der Waals surface area contributed by atoms with Crippen molar-refractivity contribution < 1.29 is 33.4 Å². The summed E-state index contributed by atoms with van der Waals surface area (Å²) in [5, 5.41) is 17.7. The van der Waals surface area contributed by atoms with Gasteiger partial charge in [0.05, 0.1) is 41.6 Å². The number of benzene rings is 2. The Bertz CT molecular complexity index is 2740. The monoisotopic (exact) mass is 864 g/mol. The summed E-state index contributed by atoms with van der Waals surface area (Å²) in [6, 6.07) is 9.26. The number of anilines is 2. The van der Waals surface area contributed by atoms with Crippen molar-refractivity contribution in [2.45, 2.75) is 72.6 Å². The van der Waals surface area contributed by atoms with Crippen molar-refractivity contribution >= 4 is 63.5 Å². The van der Waals surface area contributed by atoms with Gasteiger partial charge in [0.1, 0.15) is 40.5 Å². The molecular formula is C42H52N14O7. The fourth-order valence-electron chi connectivity index (χ4n) is 7.74. The van der Waals surface area contributed by atoms with Crippen molar-refractivity contribution in [3.8, 4) is 11.5 Å². The van der Waals surface area contributed by atoms with Crippen molar-refractivity contribution in [2.24, 2.45) is 11.5 Å². The number of hydrogen-bond donors (Lipinski definition) is 5. The first kappa shape index (κ1) is 43.8. The number of likely N-dealkylation sites (N-methyl/N-ethyl adjacent to an activating group) is 1. The lowest BCUT2D eigenvalue weighted by atomic mass is 10.1. The number of aryl methyl sites for hydroxylation is 5. The van der Waals surface area contributed by atoms with Crippen LogP contribution in [0, 0.1) is 13.8 Å². The van der Waals surface area contributed by atoms with Crippen LogP contribution < -0.4 is 36.9 Å². The average molecular weight is 865 g/mol. The summed E-state index contributed by atoms with van der Waals surface area (Å²) in [6.45, 7) is 9.59. The van der Waals surface area contributed by atoms with E-state index in [9.17, 15) is 24.0 Å². The molecule has 63 heavy (non-hydrogen) atoms. The third-order valence-electron chi connectivity index (χ3n) is 10.5. The fourth-order valence-corrected chi connectivity index (χ4v) is 7.74. The molecule has 5 amide bonds. The lowest BCUT2D eigenvalue weighted by Crippen LogP contribution is -2.34. The maximum Gasteiger partial charge on any atom is 0.276 e. The van der Waals surface area contributed by atoms with Gasteiger partial charge in [0, 0.05) is 37.3 Å². The molecule has 0 saturated carbocycles. The van der Waals surface area contributed by atoms with Gasteiger partial charge < -0.3 is 40.3 Å². The molecule has 0 unspecified atom stereocenters. The summed E-state index contributed by atoms with van der Waals surface area (Å²) in [6.07, 6.45) is 1.42. The number of carbonyl (C=O) groups excluding carboxylic acids is 5. The van der Waals surface area contributed by atoms with E-state index in [4.69, 9.17) is 30.9 Å². The Hall–Kier alpha value is -7.29. The van der Waals surface area contributed by atoms with Crippen molar-refractivity contribution in [2.75, 3.05) is 51.0 Å². The molecule has 0 bridgehead atoms. The maximum absolute atomic E-state index is 13.8. The molecule has 4 aromatic heterocycles. The molecule has 7 rings (SSSR count). The van der Waals surface area contributed by atoms with E-state index in [-0.39, 0.29) is 54.7 Å². The molecule has 7 N–H and O–H groups in total. The third kappa shape index (κ3) is 9.32. The van der Waals surface area contributed by atoms with Gasteiger partial charge in [-0.15, -0.1) is 0 Å². The molecule has 2 aromatic carbocycles. The van der Waals surface area contributed by atoms with E-state index in [1.807, 2.05) is 44.0 Å². The predicted molar refractivity (Wildman–Crippen MR) is 233 cm³/mol. The van der Waals surface area contributed by atoms with Gasteiger partial charge in [-0.25, -0.2) is 9.97 Å². The van der Waals surface area contributed by atoms with Crippen LogP contribution >= 0.6 is 0 Å². The molecule has 0 saturated heterocycles. The van der Waals surface area contributed by atoms with Gasteiger partial charge >= 0.3 is 0 Å². The van der Waals surface area contributed by atoms with E-state index in [0.29, 0.717) is 102 Å². The molecule has 21 heteroatoms. The van der Waals surface area contributed by atoms with E-state index in [1.165, 1.54) is 0 Å². The van der Waals surface area contributed by atoms with E-state index >= 15 is 0 Å². The van der Waals surface area contributed by atoms with Gasteiger partial charge in [0.25, 0.3) is 11.8 Å². The third-order valence-corrected chi connectivity index (χ3v) is 10.5. The van der Waals surface area contributed by atoms with Gasteiger partial charge in [-0.3, -0.25) is 44.0 Å². The Kier molecular flexibility index (Phi) is 12.8. The highest BCUT2D eigenvalue weighted by Gasteiger charge is 2.30. The van der Waals surface area contributed by atoms with Crippen LogP contribution in [0.25, 0.3) is 22.1 Å². The average Bonchev–Trinajstić information content (AvgIpc) is 4.01. The molecule has 6 aromatic rings. The summed E-state index contributed by atoms with van der Waals surface area (Å²) in [5.74, 6) is -1.14. The SMILES string of the molecule is CCn1nc(C)cc1C(=O)Nc1nc2cc(C(N)=O)cc(OCCCNC(=O)CN(C)C)c2n1CCC[C@H]1COc2cc(C(N)=O)cc3nc(NC(=O)c4cc(C)nn4CC)n1c23. The molecule has 1 aliphatic rings. The molecule has 5 heterocycles. The summed E-state index contributed by atoms with van der Waals surface area (Å²) in [4.78, 5) is 75.9. The highest BCUT2D eigenvalue weighted by molar-refractivity contribution is 6.05. The number of aromatic nitrogens is 8. The summed E-state index contributed by atoms with van der Waals surface area (Å²) in [7, 11) is 3.62. The zero-order chi connectivity index (χ0) is 45.1. The number of primary amides is 2. The second kappa shape index (κ2) is 18.4. The largest absolute Gasteiger partial charge is 0.491 e. The predicted octanol–water partition coefficient (Wildman–Crippen LogP) is 3.00. The Morgan fingerprint density at radius 2 is 1.40 bits per heavy atom. The minimum atomic E-state index is -0.690. The molecule has 0 aliphatic carbocycles. The molecule has 0 radical (unpaired) electrons. The number of ether oxygens (including phenoxy) is 2. The number of rotatable bonds is 19. The van der Waals surface area contributed by atoms with E-state index in [2.05, 4.69) is 26.1 Å². The lowest BCUT2D eigenvalue weighted by Gasteiger charge is -2.27. The Labute approximate surface area is 362 Å². The summed E-state index contributed by atoms with van der Waals surface area (Å²) >= 11 is 0. The van der Waals surface area contributed by atoms with Crippen LogP contribution in [0.15, 0.2) is 36.4 Å². The smallest absolute Gasteiger partial charge is 0.276 e. The Morgan fingerprint density at radius 1 is 0.810 bits per heavy atom. The molecule has 0 spiro atoms. The first-order valence-corrected chi connectivity index (χ1v) is 20.7. The van der Waals surface area contributed by atoms with E-state index < -0.39 is 23.6 Å². The number of carbonyl (C=O) groups is 5. The normalized spacial score (nSPS) is 13.3. The number of hydrogen-bond acceptors (Lipinski definition) is 12. The van der Waals surface area contributed by atoms with Crippen LogP contribution in [0.2, 0.25) is 0 Å². The van der Waals surface area contributed by atoms with Crippen LogP contribution in [0.5, 0.6) is 11.5 Å². The standard InChI is InChI=1S/C42H52N14O7/c1-7-54-30(15-23(3)50-54)39(60)48-41-46-28-17-25(37(43)58)19-32(62-14-10-12-45-34(57)21-52(5)6)35(28)53(41)13-9-11-27-22-63-33-20-26(38(44)59)18-29-36(33)56(27)42(47-29)49-40(61)31-16-24(4)51-55(31)8-2/h15-20,27H,7-14,21-22H2,1-6H3,(H2,43,58)(H2,44,59)(H,45,57)(H,46,48,60)(H,47,49,61)/t27-/m0/s1. The first-order chi connectivity index (χ1) is 30.1. The van der Waals surface area contributed by atoms with E-state index in [0.717, 1.165) is 0 Å². The number of imidazole rings is 2. The minimum Gasteiger partial charge on any atom is -0.491 e. The number of nitrogens with zero attached hydrogens (tertiary/aromatic N) is 9. The van der Waals surface area contributed by atoms with Gasteiger partial charge in [-0.05, 0) is 97.5 Å². The molecule has 332 valence electrons. The van der Waals surface area contributed by atoms with Crippen molar-refractivity contribution in [1.29, 1.82) is 0 Å². The second-order valence-electron chi connectivity index (χ2n) is 15.6. The van der Waals surface area contributed by atoms with Crippen LogP contribution in [0.4, 0.5) is 11.9 Å². The number of fused-ring (bicyclic) bond motifs is 1. The zero-order valence-electron chi connectivity index (χ0n) is 36.1. The molecule has 1 atom stereocenters. The van der Waals surface area contributed by atoms with Gasteiger partial charge in [-0.2, -0.15) is 10.2 Å². The van der Waals surface area contributed by atoms with Gasteiger partial charge in [0.15, 0.2) is 0 Å². The quantitative estimate of drug-likeness (QED) is 0.0736. The topological polar surface area (TPSA) is 266 Å². The second-order valence-corrected chi connectivity index (χ2v) is 15.6. The molecule has 1 aliphatic heterocycles. The van der Waals surface area contributed by atoms with Crippen LogP contribution in [-0.2, 0) is 24.4 Å². The zero-order valence-corrected chi connectivity index (χ0v) is 36.1. The highest BCUT2D eigenvalue weighted by atomic mass is 16.5. The van der Waals surface area contributed by atoms with Crippen LogP contribution in [0.3, 0.4) is 0 Å².